The first-order valence-corrected chi connectivity index (χ1v) is 6.39. The first-order chi connectivity index (χ1) is 7.29. The lowest BCUT2D eigenvalue weighted by molar-refractivity contribution is 0.230. The predicted octanol–water partition coefficient (Wildman–Crippen LogP) is 0.896. The molecule has 0 unspecified atom stereocenters. The molecule has 2 rings (SSSR count). The molecular weight excluding hydrogens is 303 g/mol. The van der Waals surface area contributed by atoms with Crippen LogP contribution >= 0.6 is 22.6 Å². The molecule has 15 heavy (non-hydrogen) atoms. The topological polar surface area (TPSA) is 39.3 Å². The van der Waals surface area contributed by atoms with Crippen molar-refractivity contribution < 1.29 is 0 Å². The minimum absolute atomic E-state index is 0.689. The van der Waals surface area contributed by atoms with Crippen molar-refractivity contribution in [2.75, 3.05) is 20.1 Å². The molecular formula is C10H17IN4. The van der Waals surface area contributed by atoms with E-state index in [1.165, 1.54) is 18.7 Å². The minimum Gasteiger partial charge on any atom is -0.357 e. The SMILES string of the molecule is CNC1CCN(C2=CC=C(I)NN2)CC1. The average Bonchev–Trinajstić information content (AvgIpc) is 2.30. The first kappa shape index (κ1) is 11.1. The highest BCUT2D eigenvalue weighted by Gasteiger charge is 2.19. The molecule has 0 saturated carbocycles. The zero-order chi connectivity index (χ0) is 10.7. The van der Waals surface area contributed by atoms with Crippen molar-refractivity contribution >= 4 is 22.6 Å². The summed E-state index contributed by atoms with van der Waals surface area (Å²) in [6.45, 7) is 2.24. The predicted molar refractivity (Wildman–Crippen MR) is 70.1 cm³/mol. The zero-order valence-corrected chi connectivity index (χ0v) is 11.0. The second-order valence-corrected chi connectivity index (χ2v) is 5.03. The number of piperidine rings is 1. The van der Waals surface area contributed by atoms with E-state index >= 15 is 0 Å². The van der Waals surface area contributed by atoms with Gasteiger partial charge in [-0.05, 0) is 54.6 Å². The van der Waals surface area contributed by atoms with E-state index in [1.54, 1.807) is 0 Å². The number of allylic oxidation sites excluding steroid dienone is 2. The maximum absolute atomic E-state index is 3.34. The quantitative estimate of drug-likeness (QED) is 0.522. The average molecular weight is 320 g/mol. The van der Waals surface area contributed by atoms with Crippen molar-refractivity contribution in [2.24, 2.45) is 0 Å². The van der Waals surface area contributed by atoms with Crippen LogP contribution in [-0.4, -0.2) is 31.1 Å². The van der Waals surface area contributed by atoms with Crippen molar-refractivity contribution in [2.45, 2.75) is 18.9 Å². The van der Waals surface area contributed by atoms with Gasteiger partial charge in [-0.15, -0.1) is 0 Å². The van der Waals surface area contributed by atoms with Gasteiger partial charge in [0.1, 0.15) is 5.82 Å². The number of hydrogen-bond acceptors (Lipinski definition) is 4. The van der Waals surface area contributed by atoms with Crippen LogP contribution in [0, 0.1) is 0 Å². The molecule has 0 amide bonds. The van der Waals surface area contributed by atoms with E-state index in [1.807, 2.05) is 7.05 Å². The number of nitrogens with one attached hydrogen (secondary N) is 3. The van der Waals surface area contributed by atoms with Gasteiger partial charge in [0.05, 0.1) is 3.70 Å². The smallest absolute Gasteiger partial charge is 0.120 e. The van der Waals surface area contributed by atoms with E-state index in [0.717, 1.165) is 16.8 Å². The Morgan fingerprint density at radius 1 is 1.33 bits per heavy atom. The Morgan fingerprint density at radius 3 is 2.60 bits per heavy atom. The van der Waals surface area contributed by atoms with Crippen molar-refractivity contribution in [1.82, 2.24) is 21.1 Å². The van der Waals surface area contributed by atoms with Gasteiger partial charge in [-0.2, -0.15) is 0 Å². The molecule has 0 bridgehead atoms. The van der Waals surface area contributed by atoms with Gasteiger partial charge in [0.15, 0.2) is 0 Å². The van der Waals surface area contributed by atoms with Crippen molar-refractivity contribution in [3.8, 4) is 0 Å². The monoisotopic (exact) mass is 320 g/mol. The van der Waals surface area contributed by atoms with Gasteiger partial charge < -0.3 is 10.2 Å². The molecule has 0 aromatic carbocycles. The third-order valence-electron chi connectivity index (χ3n) is 2.94. The Bertz CT molecular complexity index is 279. The van der Waals surface area contributed by atoms with Crippen LogP contribution in [0.4, 0.5) is 0 Å². The van der Waals surface area contributed by atoms with E-state index in [0.29, 0.717) is 6.04 Å². The van der Waals surface area contributed by atoms with Crippen LogP contribution in [0.2, 0.25) is 0 Å². The fraction of sp³-hybridized carbons (Fsp3) is 0.600. The molecule has 3 N–H and O–H groups in total. The number of hydrazine groups is 1. The van der Waals surface area contributed by atoms with Gasteiger partial charge in [0, 0.05) is 19.1 Å². The van der Waals surface area contributed by atoms with Gasteiger partial charge in [-0.1, -0.05) is 0 Å². The molecule has 2 aliphatic heterocycles. The van der Waals surface area contributed by atoms with E-state index in [-0.39, 0.29) is 0 Å². The Hall–Kier alpha value is -0.430. The maximum Gasteiger partial charge on any atom is 0.120 e. The van der Waals surface area contributed by atoms with Crippen LogP contribution in [-0.2, 0) is 0 Å². The van der Waals surface area contributed by atoms with Crippen molar-refractivity contribution in [3.63, 3.8) is 0 Å². The van der Waals surface area contributed by atoms with E-state index < -0.39 is 0 Å². The summed E-state index contributed by atoms with van der Waals surface area (Å²) < 4.78 is 1.13. The van der Waals surface area contributed by atoms with Gasteiger partial charge in [0.25, 0.3) is 0 Å². The summed E-state index contributed by atoms with van der Waals surface area (Å²) in [7, 11) is 2.05. The summed E-state index contributed by atoms with van der Waals surface area (Å²) in [5.74, 6) is 1.19. The molecule has 5 heteroatoms. The molecule has 0 aliphatic carbocycles. The molecule has 84 valence electrons. The first-order valence-electron chi connectivity index (χ1n) is 5.31. The van der Waals surface area contributed by atoms with Crippen LogP contribution in [0.1, 0.15) is 12.8 Å². The van der Waals surface area contributed by atoms with Gasteiger partial charge in [0.2, 0.25) is 0 Å². The normalized spacial score (nSPS) is 22.7. The van der Waals surface area contributed by atoms with Crippen molar-refractivity contribution in [1.29, 1.82) is 0 Å². The second kappa shape index (κ2) is 5.07. The molecule has 2 aliphatic rings. The van der Waals surface area contributed by atoms with Gasteiger partial charge >= 0.3 is 0 Å². The fourth-order valence-corrected chi connectivity index (χ4v) is 2.27. The summed E-state index contributed by atoms with van der Waals surface area (Å²) in [6.07, 6.45) is 6.67. The molecule has 0 aromatic heterocycles. The van der Waals surface area contributed by atoms with Crippen LogP contribution in [0.5, 0.6) is 0 Å². The highest BCUT2D eigenvalue weighted by Crippen LogP contribution is 2.16. The number of likely N-dealkylation sites (tertiary alicyclic amines) is 1. The van der Waals surface area contributed by atoms with E-state index in [9.17, 15) is 0 Å². The van der Waals surface area contributed by atoms with E-state index in [2.05, 4.69) is 55.8 Å². The summed E-state index contributed by atoms with van der Waals surface area (Å²) in [4.78, 5) is 2.39. The summed E-state index contributed by atoms with van der Waals surface area (Å²) in [5, 5.41) is 3.34. The van der Waals surface area contributed by atoms with Crippen LogP contribution < -0.4 is 16.2 Å². The molecule has 0 aromatic rings. The van der Waals surface area contributed by atoms with Crippen LogP contribution in [0.3, 0.4) is 0 Å². The van der Waals surface area contributed by atoms with Gasteiger partial charge in [-0.25, -0.2) is 0 Å². The molecule has 0 spiro atoms. The third-order valence-corrected chi connectivity index (χ3v) is 3.57. The largest absolute Gasteiger partial charge is 0.357 e. The van der Waals surface area contributed by atoms with E-state index in [4.69, 9.17) is 0 Å². The molecule has 0 atom stereocenters. The Morgan fingerprint density at radius 2 is 2.07 bits per heavy atom. The molecule has 2 heterocycles. The molecule has 0 radical (unpaired) electrons. The minimum atomic E-state index is 0.689. The second-order valence-electron chi connectivity index (χ2n) is 3.87. The standard InChI is InChI=1S/C10H17IN4/c1-12-8-4-6-15(7-5-8)10-3-2-9(11)13-14-10/h2-3,8,12-14H,4-7H2,1H3. The summed E-state index contributed by atoms with van der Waals surface area (Å²) in [6, 6.07) is 0.689. The Labute approximate surface area is 104 Å². The lowest BCUT2D eigenvalue weighted by Gasteiger charge is -2.36. The van der Waals surface area contributed by atoms with Crippen LogP contribution in [0.25, 0.3) is 0 Å². The maximum atomic E-state index is 3.34. The molecule has 4 nitrogen and oxygen atoms in total. The third kappa shape index (κ3) is 2.78. The highest BCUT2D eigenvalue weighted by atomic mass is 127. The highest BCUT2D eigenvalue weighted by molar-refractivity contribution is 14.1. The summed E-state index contributed by atoms with van der Waals surface area (Å²) >= 11 is 2.26. The lowest BCUT2D eigenvalue weighted by Crippen LogP contribution is -2.46. The Balaban J connectivity index is 1.91. The number of nitrogens with zero attached hydrogens (tertiary/aromatic N) is 1. The summed E-state index contributed by atoms with van der Waals surface area (Å²) in [5.41, 5.74) is 6.34. The van der Waals surface area contributed by atoms with Crippen LogP contribution in [0.15, 0.2) is 21.7 Å². The molecule has 1 saturated heterocycles. The van der Waals surface area contributed by atoms with Crippen molar-refractivity contribution in [3.05, 3.63) is 21.7 Å². The number of halogens is 1. The number of rotatable bonds is 2. The lowest BCUT2D eigenvalue weighted by atomic mass is 10.1. The molecule has 1 fully saturated rings. The number of hydrogen-bond donors (Lipinski definition) is 3. The van der Waals surface area contributed by atoms with Gasteiger partial charge in [-0.3, -0.25) is 10.9 Å². The zero-order valence-electron chi connectivity index (χ0n) is 8.89. The fourth-order valence-electron chi connectivity index (χ4n) is 1.95. The Kier molecular flexibility index (Phi) is 3.74.